The number of aryl methyl sites for hydroxylation is 2. The molecule has 0 aliphatic carbocycles. The molecule has 2 N–H and O–H groups in total. The number of benzene rings is 1. The summed E-state index contributed by atoms with van der Waals surface area (Å²) in [7, 11) is 0. The van der Waals surface area contributed by atoms with Crippen LogP contribution in [-0.4, -0.2) is 16.6 Å². The minimum atomic E-state index is -0.458. The predicted molar refractivity (Wildman–Crippen MR) is 74.7 cm³/mol. The van der Waals surface area contributed by atoms with Crippen molar-refractivity contribution < 1.29 is 5.11 Å². The average molecular weight is 262 g/mol. The van der Waals surface area contributed by atoms with Crippen LogP contribution in [0.25, 0.3) is 0 Å². The second kappa shape index (κ2) is 6.09. The molecular weight excluding hydrogens is 244 g/mol. The fourth-order valence-corrected chi connectivity index (χ4v) is 2.76. The van der Waals surface area contributed by atoms with Crippen molar-refractivity contribution in [3.8, 4) is 0 Å². The van der Waals surface area contributed by atoms with Crippen molar-refractivity contribution >= 4 is 11.3 Å². The molecule has 3 nitrogen and oxygen atoms in total. The topological polar surface area (TPSA) is 45.2 Å². The van der Waals surface area contributed by atoms with Crippen LogP contribution in [0.3, 0.4) is 0 Å². The van der Waals surface area contributed by atoms with Crippen LogP contribution in [0.4, 0.5) is 0 Å². The van der Waals surface area contributed by atoms with Gasteiger partial charge in [-0.1, -0.05) is 30.3 Å². The van der Waals surface area contributed by atoms with E-state index in [4.69, 9.17) is 0 Å². The molecule has 0 radical (unpaired) electrons. The second-order valence-corrected chi connectivity index (χ2v) is 5.59. The van der Waals surface area contributed by atoms with Gasteiger partial charge in [-0.3, -0.25) is 0 Å². The third-order valence-corrected chi connectivity index (χ3v) is 3.88. The maximum atomic E-state index is 10.00. The van der Waals surface area contributed by atoms with Crippen molar-refractivity contribution in [2.24, 2.45) is 0 Å². The fourth-order valence-electron chi connectivity index (χ4n) is 1.85. The van der Waals surface area contributed by atoms with Crippen molar-refractivity contribution in [2.45, 2.75) is 26.5 Å². The third kappa shape index (κ3) is 3.38. The zero-order valence-electron chi connectivity index (χ0n) is 10.7. The van der Waals surface area contributed by atoms with Crippen molar-refractivity contribution in [1.82, 2.24) is 10.3 Å². The monoisotopic (exact) mass is 262 g/mol. The predicted octanol–water partition coefficient (Wildman–Crippen LogP) is 2.58. The molecule has 1 aromatic carbocycles. The number of aliphatic hydroxyl groups excluding tert-OH is 1. The van der Waals surface area contributed by atoms with Gasteiger partial charge in [0.05, 0.1) is 16.8 Å². The van der Waals surface area contributed by atoms with E-state index in [1.165, 1.54) is 4.88 Å². The van der Waals surface area contributed by atoms with Gasteiger partial charge in [0.1, 0.15) is 0 Å². The summed E-state index contributed by atoms with van der Waals surface area (Å²) in [5.41, 5.74) is 2.03. The molecule has 0 saturated heterocycles. The smallest absolute Gasteiger partial charge is 0.0914 e. The number of hydrogen-bond acceptors (Lipinski definition) is 4. The van der Waals surface area contributed by atoms with Gasteiger partial charge in [-0.15, -0.1) is 11.3 Å². The van der Waals surface area contributed by atoms with Crippen LogP contribution in [0.1, 0.15) is 27.2 Å². The molecule has 96 valence electrons. The highest BCUT2D eigenvalue weighted by atomic mass is 32.1. The summed E-state index contributed by atoms with van der Waals surface area (Å²) < 4.78 is 0. The summed E-state index contributed by atoms with van der Waals surface area (Å²) in [5.74, 6) is 0. The highest BCUT2D eigenvalue weighted by molar-refractivity contribution is 7.11. The summed E-state index contributed by atoms with van der Waals surface area (Å²) in [6.45, 7) is 5.36. The molecule has 0 saturated carbocycles. The first kappa shape index (κ1) is 13.2. The summed E-state index contributed by atoms with van der Waals surface area (Å²) in [5, 5.41) is 14.4. The average Bonchev–Trinajstić information content (AvgIpc) is 2.69. The molecule has 1 unspecified atom stereocenters. The Morgan fingerprint density at radius 3 is 2.61 bits per heavy atom. The zero-order valence-corrected chi connectivity index (χ0v) is 11.5. The maximum absolute atomic E-state index is 10.00. The van der Waals surface area contributed by atoms with Gasteiger partial charge in [-0.05, 0) is 19.4 Å². The van der Waals surface area contributed by atoms with Gasteiger partial charge < -0.3 is 10.4 Å². The van der Waals surface area contributed by atoms with Crippen LogP contribution < -0.4 is 5.32 Å². The van der Waals surface area contributed by atoms with E-state index in [1.54, 1.807) is 11.3 Å². The van der Waals surface area contributed by atoms with Crippen LogP contribution in [0, 0.1) is 13.8 Å². The van der Waals surface area contributed by atoms with E-state index >= 15 is 0 Å². The van der Waals surface area contributed by atoms with Crippen LogP contribution in [0.15, 0.2) is 30.3 Å². The Hall–Kier alpha value is -1.23. The number of aromatic nitrogens is 1. The van der Waals surface area contributed by atoms with E-state index in [1.807, 2.05) is 44.2 Å². The first-order chi connectivity index (χ1) is 8.66. The number of thiazole rings is 1. The van der Waals surface area contributed by atoms with E-state index in [0.29, 0.717) is 6.54 Å². The molecular formula is C14H18N2OS. The van der Waals surface area contributed by atoms with Gasteiger partial charge in [0.2, 0.25) is 0 Å². The molecule has 0 fully saturated rings. The Balaban J connectivity index is 1.84. The molecule has 4 heteroatoms. The highest BCUT2D eigenvalue weighted by Crippen LogP contribution is 2.17. The lowest BCUT2D eigenvalue weighted by atomic mass is 10.1. The first-order valence-electron chi connectivity index (χ1n) is 6.03. The summed E-state index contributed by atoms with van der Waals surface area (Å²) in [6.07, 6.45) is -0.458. The SMILES string of the molecule is Cc1nc(C)c(CNCC(O)c2ccccc2)s1. The molecule has 18 heavy (non-hydrogen) atoms. The molecule has 1 atom stereocenters. The molecule has 0 bridgehead atoms. The molecule has 0 aliphatic heterocycles. The van der Waals surface area contributed by atoms with Gasteiger partial charge in [0.15, 0.2) is 0 Å². The first-order valence-corrected chi connectivity index (χ1v) is 6.85. The number of hydrogen-bond donors (Lipinski definition) is 2. The lowest BCUT2D eigenvalue weighted by Crippen LogP contribution is -2.20. The molecule has 0 spiro atoms. The van der Waals surface area contributed by atoms with Gasteiger partial charge in [0.25, 0.3) is 0 Å². The van der Waals surface area contributed by atoms with Crippen molar-refractivity contribution in [3.05, 3.63) is 51.5 Å². The minimum absolute atomic E-state index is 0.458. The maximum Gasteiger partial charge on any atom is 0.0914 e. The largest absolute Gasteiger partial charge is 0.387 e. The zero-order chi connectivity index (χ0) is 13.0. The highest BCUT2D eigenvalue weighted by Gasteiger charge is 2.08. The van der Waals surface area contributed by atoms with Gasteiger partial charge in [-0.2, -0.15) is 0 Å². The van der Waals surface area contributed by atoms with E-state index in [0.717, 1.165) is 22.8 Å². The normalized spacial score (nSPS) is 12.6. The molecule has 1 heterocycles. The number of rotatable bonds is 5. The molecule has 2 rings (SSSR count). The van der Waals surface area contributed by atoms with Gasteiger partial charge in [-0.25, -0.2) is 4.98 Å². The molecule has 0 aliphatic rings. The molecule has 2 aromatic rings. The van der Waals surface area contributed by atoms with Gasteiger partial charge >= 0.3 is 0 Å². The van der Waals surface area contributed by atoms with E-state index in [-0.39, 0.29) is 0 Å². The second-order valence-electron chi connectivity index (χ2n) is 4.30. The van der Waals surface area contributed by atoms with Crippen LogP contribution in [0.2, 0.25) is 0 Å². The fraction of sp³-hybridized carbons (Fsp3) is 0.357. The van der Waals surface area contributed by atoms with E-state index in [9.17, 15) is 5.11 Å². The Kier molecular flexibility index (Phi) is 4.47. The Morgan fingerprint density at radius 1 is 1.28 bits per heavy atom. The Morgan fingerprint density at radius 2 is 2.00 bits per heavy atom. The van der Waals surface area contributed by atoms with E-state index < -0.39 is 6.10 Å². The van der Waals surface area contributed by atoms with Crippen LogP contribution in [0.5, 0.6) is 0 Å². The molecule has 1 aromatic heterocycles. The Bertz CT molecular complexity index is 496. The minimum Gasteiger partial charge on any atom is -0.387 e. The van der Waals surface area contributed by atoms with Crippen molar-refractivity contribution in [3.63, 3.8) is 0 Å². The number of aliphatic hydroxyl groups is 1. The summed E-state index contributed by atoms with van der Waals surface area (Å²) in [6, 6.07) is 9.71. The van der Waals surface area contributed by atoms with Crippen molar-refractivity contribution in [1.29, 1.82) is 0 Å². The summed E-state index contributed by atoms with van der Waals surface area (Å²) in [4.78, 5) is 5.63. The lowest BCUT2D eigenvalue weighted by molar-refractivity contribution is 0.174. The number of nitrogens with one attached hydrogen (secondary N) is 1. The van der Waals surface area contributed by atoms with Gasteiger partial charge in [0, 0.05) is 18.0 Å². The van der Waals surface area contributed by atoms with Crippen LogP contribution >= 0.6 is 11.3 Å². The van der Waals surface area contributed by atoms with Crippen molar-refractivity contribution in [2.75, 3.05) is 6.54 Å². The third-order valence-electron chi connectivity index (χ3n) is 2.81. The summed E-state index contributed by atoms with van der Waals surface area (Å²) >= 11 is 1.71. The standard InChI is InChI=1S/C14H18N2OS/c1-10-14(18-11(2)16-10)9-15-8-13(17)12-6-4-3-5-7-12/h3-7,13,15,17H,8-9H2,1-2H3. The number of nitrogens with zero attached hydrogens (tertiary/aromatic N) is 1. The Labute approximate surface area is 112 Å². The molecule has 0 amide bonds. The van der Waals surface area contributed by atoms with Crippen LogP contribution in [-0.2, 0) is 6.54 Å². The van der Waals surface area contributed by atoms with E-state index in [2.05, 4.69) is 10.3 Å². The quantitative estimate of drug-likeness (QED) is 0.870. The lowest BCUT2D eigenvalue weighted by Gasteiger charge is -2.11.